The summed E-state index contributed by atoms with van der Waals surface area (Å²) in [4.78, 5) is 0. The summed E-state index contributed by atoms with van der Waals surface area (Å²) < 4.78 is 13.1. The summed E-state index contributed by atoms with van der Waals surface area (Å²) in [6.07, 6.45) is 0. The van der Waals surface area contributed by atoms with E-state index in [1.165, 1.54) is 12.1 Å². The van der Waals surface area contributed by atoms with Crippen LogP contribution in [0.15, 0.2) is 36.4 Å². The number of hydrogen-bond acceptors (Lipinski definition) is 1. The van der Waals surface area contributed by atoms with E-state index in [2.05, 4.69) is 0 Å². The van der Waals surface area contributed by atoms with Crippen LogP contribution in [0.3, 0.4) is 0 Å². The van der Waals surface area contributed by atoms with Gasteiger partial charge in [-0.05, 0) is 41.0 Å². The Morgan fingerprint density at radius 2 is 1.76 bits per heavy atom. The molecule has 0 saturated carbocycles. The average molecular weight is 270 g/mol. The standard InChI is InChI=1S/C13H10Cl2FN/c14-12-4-1-8(6-13(12)15)11-3-2-10(16)5-9(11)7-17/h1-6H,7,17H2. The summed E-state index contributed by atoms with van der Waals surface area (Å²) in [6.45, 7) is 0.271. The highest BCUT2D eigenvalue weighted by molar-refractivity contribution is 6.42. The lowest BCUT2D eigenvalue weighted by Gasteiger charge is -2.09. The van der Waals surface area contributed by atoms with E-state index >= 15 is 0 Å². The van der Waals surface area contributed by atoms with E-state index in [-0.39, 0.29) is 12.4 Å². The van der Waals surface area contributed by atoms with Crippen molar-refractivity contribution in [2.75, 3.05) is 0 Å². The van der Waals surface area contributed by atoms with Crippen LogP contribution in [-0.4, -0.2) is 0 Å². The molecule has 0 radical (unpaired) electrons. The fraction of sp³-hybridized carbons (Fsp3) is 0.0769. The van der Waals surface area contributed by atoms with Crippen LogP contribution in [0.1, 0.15) is 5.56 Å². The molecule has 88 valence electrons. The first-order valence-electron chi connectivity index (χ1n) is 5.05. The quantitative estimate of drug-likeness (QED) is 0.866. The number of benzene rings is 2. The molecule has 0 heterocycles. The maximum Gasteiger partial charge on any atom is 0.123 e. The molecule has 0 aliphatic heterocycles. The van der Waals surface area contributed by atoms with Gasteiger partial charge in [0.25, 0.3) is 0 Å². The van der Waals surface area contributed by atoms with Crippen LogP contribution >= 0.6 is 23.2 Å². The zero-order valence-electron chi connectivity index (χ0n) is 8.88. The first-order valence-corrected chi connectivity index (χ1v) is 5.81. The van der Waals surface area contributed by atoms with Crippen LogP contribution in [0.4, 0.5) is 4.39 Å². The Morgan fingerprint density at radius 1 is 1.00 bits per heavy atom. The van der Waals surface area contributed by atoms with Crippen molar-refractivity contribution in [1.82, 2.24) is 0 Å². The van der Waals surface area contributed by atoms with Gasteiger partial charge in [-0.3, -0.25) is 0 Å². The maximum atomic E-state index is 13.1. The Bertz CT molecular complexity index is 555. The second-order valence-electron chi connectivity index (χ2n) is 3.63. The minimum atomic E-state index is -0.297. The van der Waals surface area contributed by atoms with Crippen molar-refractivity contribution in [3.8, 4) is 11.1 Å². The van der Waals surface area contributed by atoms with Crippen LogP contribution < -0.4 is 5.73 Å². The summed E-state index contributed by atoms with van der Waals surface area (Å²) in [6, 6.07) is 9.81. The molecule has 0 fully saturated rings. The summed E-state index contributed by atoms with van der Waals surface area (Å²) in [7, 11) is 0. The highest BCUT2D eigenvalue weighted by atomic mass is 35.5. The summed E-state index contributed by atoms with van der Waals surface area (Å²) in [5, 5.41) is 0.961. The Hall–Kier alpha value is -1.09. The number of rotatable bonds is 2. The average Bonchev–Trinajstić information content (AvgIpc) is 2.32. The third-order valence-corrected chi connectivity index (χ3v) is 3.26. The third-order valence-electron chi connectivity index (χ3n) is 2.52. The molecule has 1 nitrogen and oxygen atoms in total. The molecule has 2 aromatic carbocycles. The van der Waals surface area contributed by atoms with Gasteiger partial charge in [0.1, 0.15) is 5.82 Å². The molecule has 2 N–H and O–H groups in total. The van der Waals surface area contributed by atoms with Crippen LogP contribution in [0.25, 0.3) is 11.1 Å². The van der Waals surface area contributed by atoms with Crippen molar-refractivity contribution in [2.24, 2.45) is 5.73 Å². The first kappa shape index (κ1) is 12.4. The van der Waals surface area contributed by atoms with E-state index in [1.54, 1.807) is 18.2 Å². The van der Waals surface area contributed by atoms with Crippen molar-refractivity contribution in [3.05, 3.63) is 57.8 Å². The third kappa shape index (κ3) is 2.60. The van der Waals surface area contributed by atoms with Crippen LogP contribution in [-0.2, 0) is 6.54 Å². The molecule has 2 aromatic rings. The SMILES string of the molecule is NCc1cc(F)ccc1-c1ccc(Cl)c(Cl)c1. The fourth-order valence-electron chi connectivity index (χ4n) is 1.68. The van der Waals surface area contributed by atoms with Crippen LogP contribution in [0, 0.1) is 5.82 Å². The zero-order valence-corrected chi connectivity index (χ0v) is 10.4. The van der Waals surface area contributed by atoms with Crippen LogP contribution in [0.2, 0.25) is 10.0 Å². The van der Waals surface area contributed by atoms with Gasteiger partial charge in [0.05, 0.1) is 10.0 Å². The van der Waals surface area contributed by atoms with E-state index in [9.17, 15) is 4.39 Å². The van der Waals surface area contributed by atoms with Gasteiger partial charge in [-0.2, -0.15) is 0 Å². The lowest BCUT2D eigenvalue weighted by Crippen LogP contribution is -1.99. The van der Waals surface area contributed by atoms with Gasteiger partial charge in [0.2, 0.25) is 0 Å². The van der Waals surface area contributed by atoms with E-state index in [0.717, 1.165) is 16.7 Å². The van der Waals surface area contributed by atoms with Gasteiger partial charge < -0.3 is 5.73 Å². The number of hydrogen-bond donors (Lipinski definition) is 1. The first-order chi connectivity index (χ1) is 8.11. The lowest BCUT2D eigenvalue weighted by molar-refractivity contribution is 0.625. The van der Waals surface area contributed by atoms with Gasteiger partial charge in [-0.15, -0.1) is 0 Å². The smallest absolute Gasteiger partial charge is 0.123 e. The highest BCUT2D eigenvalue weighted by Gasteiger charge is 2.07. The minimum absolute atomic E-state index is 0.271. The van der Waals surface area contributed by atoms with Crippen molar-refractivity contribution < 1.29 is 4.39 Å². The molecule has 2 rings (SSSR count). The Kier molecular flexibility index (Phi) is 3.67. The monoisotopic (exact) mass is 269 g/mol. The predicted molar refractivity (Wildman–Crippen MR) is 69.7 cm³/mol. The normalized spacial score (nSPS) is 10.6. The van der Waals surface area contributed by atoms with E-state index < -0.39 is 0 Å². The van der Waals surface area contributed by atoms with E-state index in [1.807, 2.05) is 6.07 Å². The second-order valence-corrected chi connectivity index (χ2v) is 4.45. The largest absolute Gasteiger partial charge is 0.326 e. The molecule has 4 heteroatoms. The highest BCUT2D eigenvalue weighted by Crippen LogP contribution is 2.30. The molecular formula is C13H10Cl2FN. The molecule has 0 aromatic heterocycles. The van der Waals surface area contributed by atoms with Gasteiger partial charge in [-0.25, -0.2) is 4.39 Å². The molecular weight excluding hydrogens is 260 g/mol. The topological polar surface area (TPSA) is 26.0 Å². The molecule has 0 saturated heterocycles. The van der Waals surface area contributed by atoms with Crippen molar-refractivity contribution >= 4 is 23.2 Å². The van der Waals surface area contributed by atoms with E-state index in [0.29, 0.717) is 10.0 Å². The van der Waals surface area contributed by atoms with Gasteiger partial charge in [0.15, 0.2) is 0 Å². The number of halogens is 3. The fourth-order valence-corrected chi connectivity index (χ4v) is 1.97. The Balaban J connectivity index is 2.55. The summed E-state index contributed by atoms with van der Waals surface area (Å²) in [5.74, 6) is -0.297. The molecule has 0 aliphatic carbocycles. The molecule has 0 aliphatic rings. The molecule has 0 atom stereocenters. The molecule has 0 amide bonds. The second kappa shape index (κ2) is 5.05. The van der Waals surface area contributed by atoms with Crippen molar-refractivity contribution in [1.29, 1.82) is 0 Å². The Morgan fingerprint density at radius 3 is 2.41 bits per heavy atom. The van der Waals surface area contributed by atoms with Crippen molar-refractivity contribution in [2.45, 2.75) is 6.54 Å². The molecule has 0 bridgehead atoms. The predicted octanol–water partition coefficient (Wildman–Crippen LogP) is 4.26. The minimum Gasteiger partial charge on any atom is -0.326 e. The number of nitrogens with two attached hydrogens (primary N) is 1. The van der Waals surface area contributed by atoms with Crippen molar-refractivity contribution in [3.63, 3.8) is 0 Å². The molecule has 0 unspecified atom stereocenters. The van der Waals surface area contributed by atoms with Crippen LogP contribution in [0.5, 0.6) is 0 Å². The maximum absolute atomic E-state index is 13.1. The Labute approximate surface area is 109 Å². The lowest BCUT2D eigenvalue weighted by atomic mass is 9.99. The molecule has 0 spiro atoms. The van der Waals surface area contributed by atoms with Gasteiger partial charge >= 0.3 is 0 Å². The van der Waals surface area contributed by atoms with Gasteiger partial charge in [-0.1, -0.05) is 35.3 Å². The molecule has 17 heavy (non-hydrogen) atoms. The zero-order chi connectivity index (χ0) is 12.4. The van der Waals surface area contributed by atoms with Gasteiger partial charge in [0, 0.05) is 6.54 Å². The summed E-state index contributed by atoms with van der Waals surface area (Å²) >= 11 is 11.8. The van der Waals surface area contributed by atoms with E-state index in [4.69, 9.17) is 28.9 Å². The summed E-state index contributed by atoms with van der Waals surface area (Å²) in [5.41, 5.74) is 8.08.